The molecule has 0 fully saturated rings. The highest BCUT2D eigenvalue weighted by Gasteiger charge is 2.18. The topological polar surface area (TPSA) is 66.0 Å². The summed E-state index contributed by atoms with van der Waals surface area (Å²) in [5.74, 6) is 1.25. The van der Waals surface area contributed by atoms with Crippen LogP contribution in [0.1, 0.15) is 32.8 Å². The molecular formula is C13H21ClN4. The van der Waals surface area contributed by atoms with E-state index in [1.165, 1.54) is 0 Å². The molecule has 0 spiro atoms. The lowest BCUT2D eigenvalue weighted by Gasteiger charge is -2.28. The molecule has 0 saturated carbocycles. The van der Waals surface area contributed by atoms with Crippen LogP contribution in [0.4, 0.5) is 5.82 Å². The third-order valence-corrected chi connectivity index (χ3v) is 3.34. The van der Waals surface area contributed by atoms with Crippen molar-refractivity contribution < 1.29 is 0 Å². The van der Waals surface area contributed by atoms with Gasteiger partial charge in [-0.1, -0.05) is 25.4 Å². The number of hydrogen-bond donors (Lipinski definition) is 2. The molecule has 0 aliphatic heterocycles. The number of nitrogen functional groups attached to an aromatic ring is 1. The fraction of sp³-hybridized carbons (Fsp3) is 0.538. The van der Waals surface area contributed by atoms with Crippen LogP contribution in [0.15, 0.2) is 12.3 Å². The van der Waals surface area contributed by atoms with E-state index in [0.717, 1.165) is 6.42 Å². The van der Waals surface area contributed by atoms with Crippen LogP contribution in [0.25, 0.3) is 0 Å². The molecule has 3 N–H and O–H groups in total. The molecule has 100 valence electrons. The summed E-state index contributed by atoms with van der Waals surface area (Å²) in [5.41, 5.74) is 6.03. The number of nitrogens with one attached hydrogen (secondary N) is 1. The first kappa shape index (κ1) is 14.8. The Balaban J connectivity index is 3.02. The number of anilines is 1. The van der Waals surface area contributed by atoms with Crippen molar-refractivity contribution in [3.8, 4) is 0 Å². The van der Waals surface area contributed by atoms with Gasteiger partial charge >= 0.3 is 0 Å². The zero-order chi connectivity index (χ0) is 13.9. The fourth-order valence-corrected chi connectivity index (χ4v) is 2.28. The Bertz CT molecular complexity index is 431. The molecule has 1 rings (SSSR count). The van der Waals surface area contributed by atoms with E-state index in [9.17, 15) is 0 Å². The van der Waals surface area contributed by atoms with Crippen molar-refractivity contribution >= 4 is 23.3 Å². The molecule has 0 amide bonds. The summed E-state index contributed by atoms with van der Waals surface area (Å²) in [4.78, 5) is 6.33. The number of rotatable bonds is 5. The maximum Gasteiger partial charge on any atom is 0.148 e. The number of aromatic nitrogens is 1. The largest absolute Gasteiger partial charge is 0.384 e. The molecule has 0 aliphatic carbocycles. The van der Waals surface area contributed by atoms with E-state index in [0.29, 0.717) is 28.4 Å². The van der Waals surface area contributed by atoms with E-state index in [4.69, 9.17) is 22.7 Å². The SMILES string of the molecule is CC(C)CC(C)N(C)c1nccc(C(=N)N)c1Cl. The normalized spacial score (nSPS) is 12.6. The van der Waals surface area contributed by atoms with Crippen LogP contribution in [-0.2, 0) is 0 Å². The van der Waals surface area contributed by atoms with Crippen LogP contribution in [0.5, 0.6) is 0 Å². The second-order valence-corrected chi connectivity index (χ2v) is 5.38. The molecule has 0 aliphatic rings. The molecule has 1 atom stereocenters. The van der Waals surface area contributed by atoms with Crippen LogP contribution in [0, 0.1) is 11.3 Å². The summed E-state index contributed by atoms with van der Waals surface area (Å²) < 4.78 is 0. The maximum absolute atomic E-state index is 7.48. The maximum atomic E-state index is 7.48. The Morgan fingerprint density at radius 1 is 1.50 bits per heavy atom. The average Bonchev–Trinajstić information content (AvgIpc) is 2.27. The lowest BCUT2D eigenvalue weighted by atomic mass is 10.0. The van der Waals surface area contributed by atoms with Gasteiger partial charge in [0.05, 0.1) is 5.02 Å². The monoisotopic (exact) mass is 268 g/mol. The molecule has 1 heterocycles. The first-order valence-electron chi connectivity index (χ1n) is 6.06. The Kier molecular flexibility index (Phi) is 4.96. The minimum absolute atomic E-state index is 0.0337. The Labute approximate surface area is 114 Å². The summed E-state index contributed by atoms with van der Waals surface area (Å²) >= 11 is 6.25. The summed E-state index contributed by atoms with van der Waals surface area (Å²) in [6, 6.07) is 1.99. The molecule has 5 heteroatoms. The quantitative estimate of drug-likeness (QED) is 0.637. The molecule has 0 bridgehead atoms. The standard InChI is InChI=1S/C13H21ClN4/c1-8(2)7-9(3)18(4)13-11(14)10(12(15)16)5-6-17-13/h5-6,8-9H,7H2,1-4H3,(H3,15,16). The molecular weight excluding hydrogens is 248 g/mol. The highest BCUT2D eigenvalue weighted by atomic mass is 35.5. The fourth-order valence-electron chi connectivity index (χ4n) is 1.94. The number of amidine groups is 1. The number of nitrogens with zero attached hydrogens (tertiary/aromatic N) is 2. The van der Waals surface area contributed by atoms with E-state index in [2.05, 4.69) is 25.8 Å². The van der Waals surface area contributed by atoms with Crippen molar-refractivity contribution in [1.82, 2.24) is 4.98 Å². The van der Waals surface area contributed by atoms with Crippen molar-refractivity contribution in [2.75, 3.05) is 11.9 Å². The van der Waals surface area contributed by atoms with E-state index < -0.39 is 0 Å². The second-order valence-electron chi connectivity index (χ2n) is 5.00. The van der Waals surface area contributed by atoms with Crippen LogP contribution in [-0.4, -0.2) is 23.9 Å². The van der Waals surface area contributed by atoms with Gasteiger partial charge < -0.3 is 10.6 Å². The van der Waals surface area contributed by atoms with Crippen LogP contribution >= 0.6 is 11.6 Å². The molecule has 4 nitrogen and oxygen atoms in total. The number of nitrogens with two attached hydrogens (primary N) is 1. The first-order valence-corrected chi connectivity index (χ1v) is 6.44. The third-order valence-electron chi connectivity index (χ3n) is 2.97. The summed E-state index contributed by atoms with van der Waals surface area (Å²) in [6.45, 7) is 6.51. The van der Waals surface area contributed by atoms with Gasteiger partial charge in [-0.05, 0) is 25.3 Å². The predicted molar refractivity (Wildman–Crippen MR) is 77.6 cm³/mol. The van der Waals surface area contributed by atoms with E-state index >= 15 is 0 Å². The first-order chi connectivity index (χ1) is 8.34. The number of halogens is 1. The van der Waals surface area contributed by atoms with Crippen molar-refractivity contribution in [2.24, 2.45) is 11.7 Å². The van der Waals surface area contributed by atoms with Gasteiger partial charge in [0, 0.05) is 24.8 Å². The van der Waals surface area contributed by atoms with Crippen LogP contribution in [0.3, 0.4) is 0 Å². The van der Waals surface area contributed by atoms with Gasteiger partial charge in [-0.15, -0.1) is 0 Å². The van der Waals surface area contributed by atoms with Crippen molar-refractivity contribution in [3.63, 3.8) is 0 Å². The minimum atomic E-state index is -0.0337. The van der Waals surface area contributed by atoms with E-state index in [1.54, 1.807) is 12.3 Å². The second kappa shape index (κ2) is 6.05. The van der Waals surface area contributed by atoms with Gasteiger partial charge in [0.15, 0.2) is 0 Å². The van der Waals surface area contributed by atoms with E-state index in [1.807, 2.05) is 11.9 Å². The number of hydrogen-bond acceptors (Lipinski definition) is 3. The van der Waals surface area contributed by atoms with Gasteiger partial charge in [-0.25, -0.2) is 4.98 Å². The van der Waals surface area contributed by atoms with E-state index in [-0.39, 0.29) is 5.84 Å². The smallest absolute Gasteiger partial charge is 0.148 e. The van der Waals surface area contributed by atoms with Gasteiger partial charge in [0.25, 0.3) is 0 Å². The molecule has 0 radical (unpaired) electrons. The molecule has 0 aromatic carbocycles. The zero-order valence-electron chi connectivity index (χ0n) is 11.4. The molecule has 18 heavy (non-hydrogen) atoms. The third kappa shape index (κ3) is 3.35. The Hall–Kier alpha value is -1.29. The Morgan fingerprint density at radius 3 is 2.61 bits per heavy atom. The van der Waals surface area contributed by atoms with Crippen molar-refractivity contribution in [1.29, 1.82) is 5.41 Å². The summed E-state index contributed by atoms with van der Waals surface area (Å²) in [7, 11) is 1.96. The predicted octanol–water partition coefficient (Wildman–Crippen LogP) is 2.89. The summed E-state index contributed by atoms with van der Waals surface area (Å²) in [6.07, 6.45) is 2.69. The van der Waals surface area contributed by atoms with Gasteiger partial charge in [0.1, 0.15) is 11.7 Å². The van der Waals surface area contributed by atoms with Crippen LogP contribution in [0.2, 0.25) is 5.02 Å². The Morgan fingerprint density at radius 2 is 2.11 bits per heavy atom. The van der Waals surface area contributed by atoms with Crippen molar-refractivity contribution in [2.45, 2.75) is 33.2 Å². The van der Waals surface area contributed by atoms with Crippen molar-refractivity contribution in [3.05, 3.63) is 22.8 Å². The molecule has 0 saturated heterocycles. The lowest BCUT2D eigenvalue weighted by molar-refractivity contribution is 0.502. The van der Waals surface area contributed by atoms with Gasteiger partial charge in [0.2, 0.25) is 0 Å². The van der Waals surface area contributed by atoms with Gasteiger partial charge in [-0.2, -0.15) is 0 Å². The summed E-state index contributed by atoms with van der Waals surface area (Å²) in [5, 5.41) is 7.93. The zero-order valence-corrected chi connectivity index (χ0v) is 12.1. The van der Waals surface area contributed by atoms with Gasteiger partial charge in [-0.3, -0.25) is 5.41 Å². The highest BCUT2D eigenvalue weighted by molar-refractivity contribution is 6.36. The average molecular weight is 269 g/mol. The highest BCUT2D eigenvalue weighted by Crippen LogP contribution is 2.28. The molecule has 1 aromatic heterocycles. The van der Waals surface area contributed by atoms with Crippen LogP contribution < -0.4 is 10.6 Å². The lowest BCUT2D eigenvalue weighted by Crippen LogP contribution is -2.31. The molecule has 1 aromatic rings. The molecule has 1 unspecified atom stereocenters. The minimum Gasteiger partial charge on any atom is -0.384 e. The number of pyridine rings is 1.